The van der Waals surface area contributed by atoms with E-state index in [-0.39, 0.29) is 36.6 Å². The van der Waals surface area contributed by atoms with E-state index in [0.717, 1.165) is 12.2 Å². The van der Waals surface area contributed by atoms with Crippen molar-refractivity contribution in [1.29, 1.82) is 0 Å². The molecule has 7 nitrogen and oxygen atoms in total. The molecule has 2 aliphatic rings. The van der Waals surface area contributed by atoms with Crippen molar-refractivity contribution in [3.8, 4) is 11.5 Å². The average Bonchev–Trinajstić information content (AvgIpc) is 3.11. The van der Waals surface area contributed by atoms with Gasteiger partial charge < -0.3 is 18.8 Å². The molecule has 1 aliphatic carbocycles. The van der Waals surface area contributed by atoms with Gasteiger partial charge in [0.1, 0.15) is 11.5 Å². The Hall–Kier alpha value is -2.48. The first-order chi connectivity index (χ1) is 14.4. The molecular weight excluding hydrogens is 406 g/mol. The summed E-state index contributed by atoms with van der Waals surface area (Å²) in [6, 6.07) is 10.6. The molecule has 0 radical (unpaired) electrons. The first kappa shape index (κ1) is 20.8. The maximum atomic E-state index is 13.0. The summed E-state index contributed by atoms with van der Waals surface area (Å²) in [7, 11) is -1.60. The number of para-hydroxylation sites is 2. The van der Waals surface area contributed by atoms with Crippen LogP contribution in [0, 0.1) is 5.92 Å². The normalized spacial score (nSPS) is 24.4. The molecule has 3 atom stereocenters. The van der Waals surface area contributed by atoms with E-state index in [0.29, 0.717) is 35.5 Å². The number of rotatable bonds is 8. The fraction of sp³-hybridized carbons (Fsp3) is 0.500. The fourth-order valence-corrected chi connectivity index (χ4v) is 5.70. The van der Waals surface area contributed by atoms with E-state index in [1.165, 1.54) is 7.11 Å². The maximum Gasteiger partial charge on any atom is 0.261 e. The molecule has 0 N–H and O–H groups in total. The second-order valence-electron chi connectivity index (χ2n) is 8.14. The number of hydrogen-bond acceptors (Lipinski definition) is 6. The summed E-state index contributed by atoms with van der Waals surface area (Å²) in [4.78, 5) is 14.6. The van der Waals surface area contributed by atoms with Gasteiger partial charge in [0, 0.05) is 12.0 Å². The number of benzene rings is 1. The van der Waals surface area contributed by atoms with Crippen LogP contribution in [0.3, 0.4) is 0 Å². The van der Waals surface area contributed by atoms with E-state index in [2.05, 4.69) is 6.92 Å². The summed E-state index contributed by atoms with van der Waals surface area (Å²) in [5.74, 6) is 3.47. The molecule has 1 saturated carbocycles. The zero-order chi connectivity index (χ0) is 21.3. The molecule has 2 aromatic rings. The molecular formula is C22H27NO6S. The minimum Gasteiger partial charge on any atom is -0.493 e. The van der Waals surface area contributed by atoms with Gasteiger partial charge in [0.15, 0.2) is 27.9 Å². The Bertz CT molecular complexity index is 1010. The molecule has 0 bridgehead atoms. The van der Waals surface area contributed by atoms with Crippen LogP contribution in [0.15, 0.2) is 40.8 Å². The molecule has 0 spiro atoms. The second kappa shape index (κ2) is 8.34. The quantitative estimate of drug-likeness (QED) is 0.636. The molecule has 1 aromatic heterocycles. The zero-order valence-electron chi connectivity index (χ0n) is 17.2. The number of furan rings is 1. The lowest BCUT2D eigenvalue weighted by atomic mass is 10.2. The Labute approximate surface area is 176 Å². The van der Waals surface area contributed by atoms with Crippen molar-refractivity contribution >= 4 is 15.7 Å². The zero-order valence-corrected chi connectivity index (χ0v) is 18.1. The summed E-state index contributed by atoms with van der Waals surface area (Å²) >= 11 is 0. The standard InChI is InChI=1S/C22H27NO6S/c1-15-11-18(15)19-8-7-17(29-19)12-23(16-9-10-30(25,26)14-16)22(24)13-28-21-6-4-3-5-20(21)27-2/h3-8,15-16,18H,9-14H2,1-2H3. The molecule has 4 rings (SSSR count). The molecule has 162 valence electrons. The van der Waals surface area contributed by atoms with E-state index >= 15 is 0 Å². The highest BCUT2D eigenvalue weighted by molar-refractivity contribution is 7.91. The lowest BCUT2D eigenvalue weighted by Crippen LogP contribution is -2.43. The van der Waals surface area contributed by atoms with Gasteiger partial charge in [-0.25, -0.2) is 8.42 Å². The summed E-state index contributed by atoms with van der Waals surface area (Å²) < 4.78 is 40.9. The highest BCUT2D eigenvalue weighted by Crippen LogP contribution is 2.47. The van der Waals surface area contributed by atoms with E-state index in [4.69, 9.17) is 13.9 Å². The lowest BCUT2D eigenvalue weighted by molar-refractivity contribution is -0.136. The number of methoxy groups -OCH3 is 1. The third-order valence-electron chi connectivity index (χ3n) is 5.87. The van der Waals surface area contributed by atoms with Crippen LogP contribution in [0.1, 0.15) is 37.2 Å². The molecule has 1 aliphatic heterocycles. The van der Waals surface area contributed by atoms with Crippen LogP contribution < -0.4 is 9.47 Å². The number of carbonyl (C=O) groups is 1. The van der Waals surface area contributed by atoms with Gasteiger partial charge in [0.25, 0.3) is 5.91 Å². The van der Waals surface area contributed by atoms with Crippen LogP contribution in [-0.2, 0) is 21.2 Å². The fourth-order valence-electron chi connectivity index (χ4n) is 3.97. The lowest BCUT2D eigenvalue weighted by Gasteiger charge is -2.27. The van der Waals surface area contributed by atoms with Gasteiger partial charge in [-0.3, -0.25) is 4.79 Å². The first-order valence-electron chi connectivity index (χ1n) is 10.2. The maximum absolute atomic E-state index is 13.0. The van der Waals surface area contributed by atoms with Gasteiger partial charge in [-0.1, -0.05) is 19.1 Å². The Morgan fingerprint density at radius 1 is 1.20 bits per heavy atom. The van der Waals surface area contributed by atoms with Crippen molar-refractivity contribution < 1.29 is 27.1 Å². The van der Waals surface area contributed by atoms with Crippen LogP contribution in [0.5, 0.6) is 11.5 Å². The van der Waals surface area contributed by atoms with Crippen LogP contribution in [0.2, 0.25) is 0 Å². The molecule has 1 amide bonds. The highest BCUT2D eigenvalue weighted by atomic mass is 32.2. The van der Waals surface area contributed by atoms with Crippen molar-refractivity contribution in [3.05, 3.63) is 47.9 Å². The minimum absolute atomic E-state index is 0.0272. The van der Waals surface area contributed by atoms with Gasteiger partial charge in [-0.15, -0.1) is 0 Å². The van der Waals surface area contributed by atoms with E-state index in [1.54, 1.807) is 23.1 Å². The molecule has 8 heteroatoms. The van der Waals surface area contributed by atoms with Gasteiger partial charge >= 0.3 is 0 Å². The van der Waals surface area contributed by atoms with E-state index in [9.17, 15) is 13.2 Å². The molecule has 3 unspecified atom stereocenters. The number of ether oxygens (including phenoxy) is 2. The number of hydrogen-bond donors (Lipinski definition) is 0. The Morgan fingerprint density at radius 3 is 2.57 bits per heavy atom. The summed E-state index contributed by atoms with van der Waals surface area (Å²) in [6.45, 7) is 2.21. The molecule has 30 heavy (non-hydrogen) atoms. The average molecular weight is 434 g/mol. The smallest absolute Gasteiger partial charge is 0.261 e. The number of sulfone groups is 1. The topological polar surface area (TPSA) is 86.1 Å². The van der Waals surface area contributed by atoms with E-state index in [1.807, 2.05) is 18.2 Å². The SMILES string of the molecule is COc1ccccc1OCC(=O)N(Cc1ccc(C2CC2C)o1)C1CCS(=O)(=O)C1. The summed E-state index contributed by atoms with van der Waals surface area (Å²) in [5.41, 5.74) is 0. The highest BCUT2D eigenvalue weighted by Gasteiger charge is 2.38. The van der Waals surface area contributed by atoms with Crippen LogP contribution in [-0.4, -0.2) is 50.5 Å². The molecule has 2 heterocycles. The van der Waals surface area contributed by atoms with Gasteiger partial charge in [-0.05, 0) is 43.0 Å². The van der Waals surface area contributed by atoms with Crippen LogP contribution in [0.25, 0.3) is 0 Å². The molecule has 1 aromatic carbocycles. The predicted molar refractivity (Wildman–Crippen MR) is 111 cm³/mol. The van der Waals surface area contributed by atoms with Crippen molar-refractivity contribution in [2.75, 3.05) is 25.2 Å². The third-order valence-corrected chi connectivity index (χ3v) is 7.62. The van der Waals surface area contributed by atoms with Gasteiger partial charge in [0.2, 0.25) is 0 Å². The molecule has 1 saturated heterocycles. The third kappa shape index (κ3) is 4.64. The van der Waals surface area contributed by atoms with E-state index < -0.39 is 9.84 Å². The Balaban J connectivity index is 1.48. The van der Waals surface area contributed by atoms with Crippen molar-refractivity contribution in [2.24, 2.45) is 5.92 Å². The van der Waals surface area contributed by atoms with Gasteiger partial charge in [0.05, 0.1) is 25.2 Å². The Kier molecular flexibility index (Phi) is 5.77. The van der Waals surface area contributed by atoms with Gasteiger partial charge in [-0.2, -0.15) is 0 Å². The number of carbonyl (C=O) groups excluding carboxylic acids is 1. The minimum atomic E-state index is -3.13. The van der Waals surface area contributed by atoms with Crippen LogP contribution >= 0.6 is 0 Å². The molecule has 2 fully saturated rings. The summed E-state index contributed by atoms with van der Waals surface area (Å²) in [5, 5.41) is 0. The Morgan fingerprint density at radius 2 is 1.93 bits per heavy atom. The number of amides is 1. The monoisotopic (exact) mass is 433 g/mol. The largest absolute Gasteiger partial charge is 0.493 e. The first-order valence-corrected chi connectivity index (χ1v) is 12.0. The predicted octanol–water partition coefficient (Wildman–Crippen LogP) is 3.01. The van der Waals surface area contributed by atoms with Crippen molar-refractivity contribution in [1.82, 2.24) is 4.90 Å². The van der Waals surface area contributed by atoms with Crippen molar-refractivity contribution in [3.63, 3.8) is 0 Å². The summed E-state index contributed by atoms with van der Waals surface area (Å²) in [6.07, 6.45) is 1.54. The number of nitrogens with zero attached hydrogens (tertiary/aromatic N) is 1. The second-order valence-corrected chi connectivity index (χ2v) is 10.4. The van der Waals surface area contributed by atoms with Crippen LogP contribution in [0.4, 0.5) is 0 Å². The van der Waals surface area contributed by atoms with Crippen molar-refractivity contribution in [2.45, 2.75) is 38.3 Å².